The first kappa shape index (κ1) is 25.8. The van der Waals surface area contributed by atoms with E-state index in [4.69, 9.17) is 0 Å². The summed E-state index contributed by atoms with van der Waals surface area (Å²) < 4.78 is 15.0. The molecule has 37 heavy (non-hydrogen) atoms. The van der Waals surface area contributed by atoms with Crippen molar-refractivity contribution in [3.8, 4) is 5.69 Å². The second kappa shape index (κ2) is 11.2. The molecule has 190 valence electrons. The highest BCUT2D eigenvalue weighted by atomic mass is 32.2. The summed E-state index contributed by atoms with van der Waals surface area (Å²) in [6.45, 7) is 5.68. The molecule has 0 aliphatic carbocycles. The maximum absolute atomic E-state index is 13.3. The van der Waals surface area contributed by atoms with Crippen molar-refractivity contribution in [1.82, 2.24) is 20.1 Å². The molecule has 0 radical (unpaired) electrons. The molecule has 0 aliphatic rings. The molecule has 1 atom stereocenters. The third kappa shape index (κ3) is 6.31. The zero-order valence-electron chi connectivity index (χ0n) is 20.4. The Balaban J connectivity index is 1.59. The first-order chi connectivity index (χ1) is 17.7. The van der Waals surface area contributed by atoms with Crippen LogP contribution in [0.25, 0.3) is 5.69 Å². The number of halogens is 1. The number of benzene rings is 3. The van der Waals surface area contributed by atoms with Gasteiger partial charge in [0.2, 0.25) is 0 Å². The van der Waals surface area contributed by atoms with Gasteiger partial charge in [-0.15, -0.1) is 10.2 Å². The van der Waals surface area contributed by atoms with E-state index in [0.717, 1.165) is 16.7 Å². The maximum Gasteiger partial charge on any atom is 0.319 e. The predicted molar refractivity (Wildman–Crippen MR) is 140 cm³/mol. The Hall–Kier alpha value is -4.25. The van der Waals surface area contributed by atoms with Gasteiger partial charge in [-0.3, -0.25) is 14.7 Å². The number of carbonyl (C=O) groups excluding carboxylic acids is 1. The van der Waals surface area contributed by atoms with E-state index in [9.17, 15) is 19.3 Å². The van der Waals surface area contributed by atoms with Crippen molar-refractivity contribution in [2.24, 2.45) is 0 Å². The Morgan fingerprint density at radius 3 is 2.43 bits per heavy atom. The number of anilines is 1. The van der Waals surface area contributed by atoms with E-state index in [1.165, 1.54) is 36.0 Å². The average molecular weight is 521 g/mol. The van der Waals surface area contributed by atoms with E-state index < -0.39 is 17.0 Å². The zero-order valence-corrected chi connectivity index (χ0v) is 21.3. The van der Waals surface area contributed by atoms with Crippen molar-refractivity contribution in [1.29, 1.82) is 0 Å². The molecule has 4 rings (SSSR count). The van der Waals surface area contributed by atoms with Crippen LogP contribution in [0.1, 0.15) is 35.5 Å². The number of non-ortho nitro benzene ring substituents is 1. The van der Waals surface area contributed by atoms with Crippen LogP contribution in [0.15, 0.2) is 71.9 Å². The quantitative estimate of drug-likeness (QED) is 0.165. The van der Waals surface area contributed by atoms with E-state index in [1.54, 1.807) is 35.8 Å². The standard InChI is InChI=1S/C26H25FN6O3S/c1-16-4-13-23(17(2)14-16)29-25(34)28-18(3)24-30-31-26(37-15-19-5-7-20(27)8-6-19)32(24)21-9-11-22(12-10-21)33(35)36/h4-14,18H,15H2,1-3H3,(H2,28,29,34). The van der Waals surface area contributed by atoms with Gasteiger partial charge in [-0.1, -0.05) is 41.6 Å². The topological polar surface area (TPSA) is 115 Å². The summed E-state index contributed by atoms with van der Waals surface area (Å²) >= 11 is 1.38. The van der Waals surface area contributed by atoms with Crippen LogP contribution in [-0.4, -0.2) is 25.7 Å². The Bertz CT molecular complexity index is 1420. The lowest BCUT2D eigenvalue weighted by molar-refractivity contribution is -0.384. The molecule has 0 aliphatic heterocycles. The summed E-state index contributed by atoms with van der Waals surface area (Å²) in [6.07, 6.45) is 0. The van der Waals surface area contributed by atoms with Crippen LogP contribution < -0.4 is 10.6 Å². The van der Waals surface area contributed by atoms with Crippen LogP contribution in [-0.2, 0) is 5.75 Å². The number of nitrogens with zero attached hydrogens (tertiary/aromatic N) is 4. The monoisotopic (exact) mass is 520 g/mol. The van der Waals surface area contributed by atoms with Crippen molar-refractivity contribution < 1.29 is 14.1 Å². The Kier molecular flexibility index (Phi) is 7.83. The highest BCUT2D eigenvalue weighted by Gasteiger charge is 2.22. The van der Waals surface area contributed by atoms with Gasteiger partial charge in [0, 0.05) is 29.3 Å². The lowest BCUT2D eigenvalue weighted by Crippen LogP contribution is -2.32. The third-order valence-electron chi connectivity index (χ3n) is 5.62. The molecule has 0 spiro atoms. The first-order valence-electron chi connectivity index (χ1n) is 11.4. The van der Waals surface area contributed by atoms with E-state index in [-0.39, 0.29) is 11.5 Å². The fourth-order valence-corrected chi connectivity index (χ4v) is 4.64. The number of nitrogens with one attached hydrogen (secondary N) is 2. The lowest BCUT2D eigenvalue weighted by Gasteiger charge is -2.17. The summed E-state index contributed by atoms with van der Waals surface area (Å²) in [5.41, 5.74) is 4.19. The number of nitro groups is 1. The second-order valence-corrected chi connectivity index (χ2v) is 9.45. The largest absolute Gasteiger partial charge is 0.328 e. The predicted octanol–water partition coefficient (Wildman–Crippen LogP) is 6.11. The number of rotatable bonds is 8. The molecule has 3 aromatic carbocycles. The molecule has 9 nitrogen and oxygen atoms in total. The van der Waals surface area contributed by atoms with Crippen LogP contribution in [0.5, 0.6) is 0 Å². The Labute approximate surface area is 217 Å². The zero-order chi connectivity index (χ0) is 26.5. The normalized spacial score (nSPS) is 11.7. The number of thioether (sulfide) groups is 1. The van der Waals surface area contributed by atoms with Gasteiger partial charge in [-0.25, -0.2) is 9.18 Å². The van der Waals surface area contributed by atoms with Crippen LogP contribution >= 0.6 is 11.8 Å². The summed E-state index contributed by atoms with van der Waals surface area (Å²) in [5.74, 6) is 0.635. The molecule has 0 saturated heterocycles. The molecule has 2 amide bonds. The minimum Gasteiger partial charge on any atom is -0.328 e. The molecule has 1 heterocycles. The molecule has 2 N–H and O–H groups in total. The number of aromatic nitrogens is 3. The van der Waals surface area contributed by atoms with Gasteiger partial charge in [0.05, 0.1) is 11.0 Å². The molecule has 1 aromatic heterocycles. The van der Waals surface area contributed by atoms with Crippen LogP contribution in [0.2, 0.25) is 0 Å². The van der Waals surface area contributed by atoms with Gasteiger partial charge in [0.15, 0.2) is 11.0 Å². The number of nitro benzene ring substituents is 1. The number of urea groups is 1. The fraction of sp³-hybridized carbons (Fsp3) is 0.192. The molecule has 0 saturated carbocycles. The fourth-order valence-electron chi connectivity index (χ4n) is 3.72. The maximum atomic E-state index is 13.3. The number of hydrogen-bond acceptors (Lipinski definition) is 6. The van der Waals surface area contributed by atoms with E-state index in [0.29, 0.717) is 28.1 Å². The highest BCUT2D eigenvalue weighted by molar-refractivity contribution is 7.98. The van der Waals surface area contributed by atoms with Gasteiger partial charge < -0.3 is 10.6 Å². The van der Waals surface area contributed by atoms with Crippen LogP contribution in [0.3, 0.4) is 0 Å². The van der Waals surface area contributed by atoms with E-state index in [2.05, 4.69) is 20.8 Å². The third-order valence-corrected chi connectivity index (χ3v) is 6.62. The SMILES string of the molecule is Cc1ccc(NC(=O)NC(C)c2nnc(SCc3ccc(F)cc3)n2-c2ccc([N+](=O)[O-])cc2)c(C)c1. The molecular formula is C26H25FN6O3S. The van der Waals surface area contributed by atoms with E-state index in [1.807, 2.05) is 32.0 Å². The molecule has 0 fully saturated rings. The number of aryl methyl sites for hydroxylation is 2. The second-order valence-electron chi connectivity index (χ2n) is 8.50. The summed E-state index contributed by atoms with van der Waals surface area (Å²) in [5, 5.41) is 26.0. The summed E-state index contributed by atoms with van der Waals surface area (Å²) in [7, 11) is 0. The van der Waals surface area contributed by atoms with Crippen molar-refractivity contribution in [3.05, 3.63) is 105 Å². The van der Waals surface area contributed by atoms with Crippen molar-refractivity contribution in [2.75, 3.05) is 5.32 Å². The summed E-state index contributed by atoms with van der Waals surface area (Å²) in [6, 6.07) is 17.0. The lowest BCUT2D eigenvalue weighted by atomic mass is 10.1. The molecule has 0 bridgehead atoms. The van der Waals surface area contributed by atoms with E-state index >= 15 is 0 Å². The van der Waals surface area contributed by atoms with Crippen LogP contribution in [0.4, 0.5) is 20.6 Å². The molecule has 11 heteroatoms. The van der Waals surface area contributed by atoms with Gasteiger partial charge in [-0.05, 0) is 62.2 Å². The minimum atomic E-state index is -0.548. The number of hydrogen-bond donors (Lipinski definition) is 2. The van der Waals surface area contributed by atoms with Crippen molar-refractivity contribution >= 4 is 29.2 Å². The van der Waals surface area contributed by atoms with Gasteiger partial charge in [0.1, 0.15) is 5.82 Å². The average Bonchev–Trinajstić information content (AvgIpc) is 3.29. The van der Waals surface area contributed by atoms with Crippen molar-refractivity contribution in [3.63, 3.8) is 0 Å². The van der Waals surface area contributed by atoms with Crippen LogP contribution in [0, 0.1) is 29.8 Å². The van der Waals surface area contributed by atoms with Gasteiger partial charge in [-0.2, -0.15) is 0 Å². The first-order valence-corrected chi connectivity index (χ1v) is 12.4. The van der Waals surface area contributed by atoms with Gasteiger partial charge >= 0.3 is 6.03 Å². The molecule has 1 unspecified atom stereocenters. The minimum absolute atomic E-state index is 0.0436. The summed E-state index contributed by atoms with van der Waals surface area (Å²) in [4.78, 5) is 23.4. The van der Waals surface area contributed by atoms with Gasteiger partial charge in [0.25, 0.3) is 5.69 Å². The number of amides is 2. The highest BCUT2D eigenvalue weighted by Crippen LogP contribution is 2.28. The van der Waals surface area contributed by atoms with Crippen molar-refractivity contribution in [2.45, 2.75) is 37.7 Å². The number of carbonyl (C=O) groups is 1. The Morgan fingerprint density at radius 2 is 1.78 bits per heavy atom. The molecular weight excluding hydrogens is 495 g/mol. The smallest absolute Gasteiger partial charge is 0.319 e. The molecule has 4 aromatic rings. The Morgan fingerprint density at radius 1 is 1.08 bits per heavy atom.